The normalized spacial score (nSPS) is 14.4. The lowest BCUT2D eigenvalue weighted by molar-refractivity contribution is 0.0573. The van der Waals surface area contributed by atoms with Gasteiger partial charge >= 0.3 is 0 Å². The molecule has 1 unspecified atom stereocenters. The SMILES string of the molecule is CC(C)Cn1ncnc1CC(C)(O)Cc1cccc(F)c1. The van der Waals surface area contributed by atoms with E-state index >= 15 is 0 Å². The predicted molar refractivity (Wildman–Crippen MR) is 79.3 cm³/mol. The van der Waals surface area contributed by atoms with Crippen molar-refractivity contribution in [3.05, 3.63) is 47.8 Å². The summed E-state index contributed by atoms with van der Waals surface area (Å²) in [4.78, 5) is 4.23. The van der Waals surface area contributed by atoms with Crippen LogP contribution in [0, 0.1) is 11.7 Å². The van der Waals surface area contributed by atoms with Gasteiger partial charge in [0.05, 0.1) is 5.60 Å². The van der Waals surface area contributed by atoms with Crippen LogP contribution in [0.25, 0.3) is 0 Å². The van der Waals surface area contributed by atoms with Gasteiger partial charge in [-0.3, -0.25) is 0 Å². The first-order valence-corrected chi connectivity index (χ1v) is 7.19. The molecule has 0 aliphatic carbocycles. The molecule has 1 atom stereocenters. The molecule has 1 heterocycles. The summed E-state index contributed by atoms with van der Waals surface area (Å²) >= 11 is 0. The van der Waals surface area contributed by atoms with Gasteiger partial charge in [-0.2, -0.15) is 5.10 Å². The van der Waals surface area contributed by atoms with Crippen LogP contribution in [0.5, 0.6) is 0 Å². The van der Waals surface area contributed by atoms with Crippen molar-refractivity contribution in [1.29, 1.82) is 0 Å². The first-order chi connectivity index (χ1) is 9.85. The highest BCUT2D eigenvalue weighted by Crippen LogP contribution is 2.18. The molecule has 0 saturated carbocycles. The van der Waals surface area contributed by atoms with E-state index in [0.717, 1.165) is 17.9 Å². The van der Waals surface area contributed by atoms with Crippen LogP contribution >= 0.6 is 0 Å². The van der Waals surface area contributed by atoms with E-state index in [-0.39, 0.29) is 5.82 Å². The molecule has 5 heteroatoms. The third kappa shape index (κ3) is 4.63. The van der Waals surface area contributed by atoms with Gasteiger partial charge in [-0.25, -0.2) is 14.1 Å². The number of rotatable bonds is 6. The zero-order valence-corrected chi connectivity index (χ0v) is 12.8. The van der Waals surface area contributed by atoms with Gasteiger partial charge in [0.2, 0.25) is 0 Å². The first-order valence-electron chi connectivity index (χ1n) is 7.19. The second kappa shape index (κ2) is 6.35. The van der Waals surface area contributed by atoms with Gasteiger partial charge in [0.25, 0.3) is 0 Å². The molecule has 0 saturated heterocycles. The predicted octanol–water partition coefficient (Wildman–Crippen LogP) is 2.61. The Morgan fingerprint density at radius 3 is 2.76 bits per heavy atom. The number of nitrogens with zero attached hydrogens (tertiary/aromatic N) is 3. The average Bonchev–Trinajstić information content (AvgIpc) is 2.74. The Kier molecular flexibility index (Phi) is 4.73. The van der Waals surface area contributed by atoms with Crippen LogP contribution in [0.15, 0.2) is 30.6 Å². The molecule has 1 aromatic carbocycles. The molecular weight excluding hydrogens is 269 g/mol. The Balaban J connectivity index is 2.08. The third-order valence-corrected chi connectivity index (χ3v) is 3.25. The van der Waals surface area contributed by atoms with Crippen LogP contribution < -0.4 is 0 Å². The summed E-state index contributed by atoms with van der Waals surface area (Å²) in [5.41, 5.74) is -0.217. The summed E-state index contributed by atoms with van der Waals surface area (Å²) in [6.07, 6.45) is 2.27. The minimum atomic E-state index is -0.991. The molecule has 21 heavy (non-hydrogen) atoms. The van der Waals surface area contributed by atoms with E-state index in [2.05, 4.69) is 23.9 Å². The quantitative estimate of drug-likeness (QED) is 0.890. The summed E-state index contributed by atoms with van der Waals surface area (Å²) in [5, 5.41) is 14.8. The van der Waals surface area contributed by atoms with Gasteiger partial charge in [0.15, 0.2) is 0 Å². The lowest BCUT2D eigenvalue weighted by atomic mass is 9.93. The van der Waals surface area contributed by atoms with Crippen LogP contribution in [0.3, 0.4) is 0 Å². The maximum Gasteiger partial charge on any atom is 0.138 e. The molecule has 2 aromatic rings. The molecule has 0 spiro atoms. The fourth-order valence-electron chi connectivity index (χ4n) is 2.41. The van der Waals surface area contributed by atoms with E-state index in [4.69, 9.17) is 0 Å². The Morgan fingerprint density at radius 1 is 1.33 bits per heavy atom. The Bertz CT molecular complexity index is 593. The number of hydrogen-bond acceptors (Lipinski definition) is 3. The lowest BCUT2D eigenvalue weighted by Crippen LogP contribution is -2.32. The molecule has 114 valence electrons. The standard InChI is InChI=1S/C16H22FN3O/c1-12(2)10-20-15(18-11-19-20)9-16(3,21)8-13-5-4-6-14(17)7-13/h4-7,11-12,21H,8-10H2,1-3H3. The summed E-state index contributed by atoms with van der Waals surface area (Å²) in [7, 11) is 0. The van der Waals surface area contributed by atoms with Gasteiger partial charge < -0.3 is 5.11 Å². The zero-order valence-electron chi connectivity index (χ0n) is 12.8. The molecule has 0 radical (unpaired) electrons. The smallest absolute Gasteiger partial charge is 0.138 e. The van der Waals surface area contributed by atoms with Crippen LogP contribution in [-0.2, 0) is 19.4 Å². The average molecular weight is 291 g/mol. The zero-order chi connectivity index (χ0) is 15.5. The molecule has 0 fully saturated rings. The van der Waals surface area contributed by atoms with Crippen molar-refractivity contribution in [2.75, 3.05) is 0 Å². The minimum absolute atomic E-state index is 0.286. The van der Waals surface area contributed by atoms with Crippen LogP contribution in [-0.4, -0.2) is 25.5 Å². The van der Waals surface area contributed by atoms with E-state index < -0.39 is 5.60 Å². The second-order valence-electron chi connectivity index (χ2n) is 6.23. The molecule has 2 rings (SSSR count). The number of aliphatic hydroxyl groups is 1. The highest BCUT2D eigenvalue weighted by molar-refractivity contribution is 5.18. The molecular formula is C16H22FN3O. The number of aromatic nitrogens is 3. The van der Waals surface area contributed by atoms with E-state index in [1.165, 1.54) is 18.5 Å². The van der Waals surface area contributed by atoms with Gasteiger partial charge in [0.1, 0.15) is 18.0 Å². The fourth-order valence-corrected chi connectivity index (χ4v) is 2.41. The van der Waals surface area contributed by atoms with Crippen molar-refractivity contribution in [1.82, 2.24) is 14.8 Å². The highest BCUT2D eigenvalue weighted by Gasteiger charge is 2.24. The monoisotopic (exact) mass is 291 g/mol. The molecule has 4 nitrogen and oxygen atoms in total. The molecule has 0 aliphatic heterocycles. The van der Waals surface area contributed by atoms with Crippen molar-refractivity contribution in [2.24, 2.45) is 5.92 Å². The Labute approximate surface area is 124 Å². The summed E-state index contributed by atoms with van der Waals surface area (Å²) in [5.74, 6) is 0.926. The Morgan fingerprint density at radius 2 is 2.10 bits per heavy atom. The molecule has 0 amide bonds. The van der Waals surface area contributed by atoms with Gasteiger partial charge in [0, 0.05) is 19.4 Å². The maximum atomic E-state index is 13.2. The summed E-state index contributed by atoms with van der Waals surface area (Å²) in [6, 6.07) is 6.32. The van der Waals surface area contributed by atoms with E-state index in [1.54, 1.807) is 13.0 Å². The molecule has 0 bridgehead atoms. The molecule has 0 aliphatic rings. The van der Waals surface area contributed by atoms with Crippen molar-refractivity contribution in [3.8, 4) is 0 Å². The maximum absolute atomic E-state index is 13.2. The van der Waals surface area contributed by atoms with Crippen molar-refractivity contribution in [3.63, 3.8) is 0 Å². The van der Waals surface area contributed by atoms with Crippen molar-refractivity contribution < 1.29 is 9.50 Å². The fraction of sp³-hybridized carbons (Fsp3) is 0.500. The van der Waals surface area contributed by atoms with Crippen LogP contribution in [0.4, 0.5) is 4.39 Å². The van der Waals surface area contributed by atoms with Gasteiger partial charge in [-0.1, -0.05) is 26.0 Å². The van der Waals surface area contributed by atoms with Crippen LogP contribution in [0.2, 0.25) is 0 Å². The molecule has 1 aromatic heterocycles. The highest BCUT2D eigenvalue weighted by atomic mass is 19.1. The van der Waals surface area contributed by atoms with Crippen LogP contribution in [0.1, 0.15) is 32.2 Å². The number of hydrogen-bond donors (Lipinski definition) is 1. The van der Waals surface area contributed by atoms with E-state index in [1.807, 2.05) is 10.7 Å². The van der Waals surface area contributed by atoms with E-state index in [0.29, 0.717) is 18.8 Å². The first kappa shape index (κ1) is 15.6. The lowest BCUT2D eigenvalue weighted by Gasteiger charge is -2.23. The Hall–Kier alpha value is -1.75. The van der Waals surface area contributed by atoms with E-state index in [9.17, 15) is 9.50 Å². The largest absolute Gasteiger partial charge is 0.389 e. The van der Waals surface area contributed by atoms with Crippen molar-refractivity contribution >= 4 is 0 Å². The summed E-state index contributed by atoms with van der Waals surface area (Å²) < 4.78 is 15.0. The number of benzene rings is 1. The topological polar surface area (TPSA) is 50.9 Å². The second-order valence-corrected chi connectivity index (χ2v) is 6.23. The minimum Gasteiger partial charge on any atom is -0.389 e. The van der Waals surface area contributed by atoms with Crippen molar-refractivity contribution in [2.45, 2.75) is 45.8 Å². The third-order valence-electron chi connectivity index (χ3n) is 3.25. The molecule has 1 N–H and O–H groups in total. The van der Waals surface area contributed by atoms with Gasteiger partial charge in [-0.05, 0) is 30.5 Å². The summed E-state index contributed by atoms with van der Waals surface area (Å²) in [6.45, 7) is 6.73. The van der Waals surface area contributed by atoms with Gasteiger partial charge in [-0.15, -0.1) is 0 Å². The number of halogens is 1.